The van der Waals surface area contributed by atoms with Crippen molar-refractivity contribution in [1.82, 2.24) is 5.32 Å². The van der Waals surface area contributed by atoms with E-state index in [2.05, 4.69) is 5.32 Å². The Hall–Kier alpha value is -0.600. The van der Waals surface area contributed by atoms with Crippen LogP contribution in [0.15, 0.2) is 6.07 Å². The Bertz CT molecular complexity index is 371. The van der Waals surface area contributed by atoms with Crippen molar-refractivity contribution in [1.29, 1.82) is 0 Å². The van der Waals surface area contributed by atoms with Gasteiger partial charge in [-0.3, -0.25) is 0 Å². The number of nitrogens with one attached hydrogen (secondary N) is 1. The number of hydrogen-bond acceptors (Lipinski definition) is 1. The van der Waals surface area contributed by atoms with Gasteiger partial charge in [-0.2, -0.15) is 0 Å². The van der Waals surface area contributed by atoms with Crippen molar-refractivity contribution in [3.8, 4) is 0 Å². The zero-order valence-electron chi connectivity index (χ0n) is 9.74. The zero-order chi connectivity index (χ0) is 11.7. The molecule has 16 heavy (non-hydrogen) atoms. The largest absolute Gasteiger partial charge is 0.316 e. The molecule has 1 aromatic carbocycles. The maximum atomic E-state index is 14.1. The predicted molar refractivity (Wildman–Crippen MR) is 65.7 cm³/mol. The molecule has 0 saturated carbocycles. The first-order valence-corrected chi connectivity index (χ1v) is 6.15. The van der Waals surface area contributed by atoms with E-state index in [-0.39, 0.29) is 11.7 Å². The number of rotatable bonds is 1. The fourth-order valence-electron chi connectivity index (χ4n) is 2.45. The van der Waals surface area contributed by atoms with Crippen molar-refractivity contribution < 1.29 is 4.39 Å². The topological polar surface area (TPSA) is 12.0 Å². The molecule has 1 atom stereocenters. The molecule has 2 rings (SSSR count). The van der Waals surface area contributed by atoms with Gasteiger partial charge in [-0.1, -0.05) is 11.6 Å². The molecule has 1 aliphatic heterocycles. The maximum absolute atomic E-state index is 14.1. The van der Waals surface area contributed by atoms with Crippen molar-refractivity contribution in [2.24, 2.45) is 0 Å². The highest BCUT2D eigenvalue weighted by atomic mass is 35.5. The fraction of sp³-hybridized carbons (Fsp3) is 0.538. The minimum Gasteiger partial charge on any atom is -0.316 e. The summed E-state index contributed by atoms with van der Waals surface area (Å²) in [7, 11) is 0. The van der Waals surface area contributed by atoms with E-state index in [0.717, 1.165) is 37.1 Å². The molecular weight excluding hydrogens is 225 g/mol. The molecule has 0 spiro atoms. The molecule has 88 valence electrons. The molecule has 1 aromatic rings. The van der Waals surface area contributed by atoms with E-state index in [1.54, 1.807) is 13.0 Å². The van der Waals surface area contributed by atoms with E-state index in [1.165, 1.54) is 0 Å². The number of hydrogen-bond donors (Lipinski definition) is 1. The minimum absolute atomic E-state index is 0.0735. The van der Waals surface area contributed by atoms with E-state index in [4.69, 9.17) is 11.6 Å². The summed E-state index contributed by atoms with van der Waals surface area (Å²) < 4.78 is 14.1. The van der Waals surface area contributed by atoms with Crippen LogP contribution in [-0.2, 0) is 0 Å². The molecule has 1 N–H and O–H groups in total. The van der Waals surface area contributed by atoms with Gasteiger partial charge in [0.2, 0.25) is 0 Å². The highest BCUT2D eigenvalue weighted by Crippen LogP contribution is 2.33. The molecule has 0 amide bonds. The van der Waals surface area contributed by atoms with Gasteiger partial charge in [0.1, 0.15) is 5.82 Å². The van der Waals surface area contributed by atoms with Crippen LogP contribution >= 0.6 is 11.6 Å². The summed E-state index contributed by atoms with van der Waals surface area (Å²) in [6, 6.07) is 1.71. The Morgan fingerprint density at radius 2 is 2.19 bits per heavy atom. The Balaban J connectivity index is 2.45. The minimum atomic E-state index is -0.0735. The Morgan fingerprint density at radius 1 is 1.44 bits per heavy atom. The van der Waals surface area contributed by atoms with Gasteiger partial charge in [-0.05, 0) is 61.9 Å². The Morgan fingerprint density at radius 3 is 2.81 bits per heavy atom. The first kappa shape index (κ1) is 11.9. The molecule has 3 heteroatoms. The van der Waals surface area contributed by atoms with E-state index in [1.807, 2.05) is 6.92 Å². The second-order valence-corrected chi connectivity index (χ2v) is 4.98. The van der Waals surface area contributed by atoms with Gasteiger partial charge in [-0.25, -0.2) is 4.39 Å². The van der Waals surface area contributed by atoms with Crippen LogP contribution in [0.1, 0.15) is 35.4 Å². The molecule has 1 aliphatic rings. The molecule has 1 fully saturated rings. The SMILES string of the molecule is Cc1cc(Cl)c(C)c(C2CCCNC2)c1F. The molecule has 1 unspecified atom stereocenters. The van der Waals surface area contributed by atoms with Crippen LogP contribution in [0.3, 0.4) is 0 Å². The van der Waals surface area contributed by atoms with Crippen molar-refractivity contribution in [3.05, 3.63) is 33.6 Å². The Labute approximate surface area is 101 Å². The van der Waals surface area contributed by atoms with Gasteiger partial charge in [0.25, 0.3) is 0 Å². The third-order valence-corrected chi connectivity index (χ3v) is 3.79. The van der Waals surface area contributed by atoms with Crippen LogP contribution < -0.4 is 5.32 Å². The van der Waals surface area contributed by atoms with Gasteiger partial charge >= 0.3 is 0 Å². The average molecular weight is 242 g/mol. The molecule has 1 heterocycles. The summed E-state index contributed by atoms with van der Waals surface area (Å²) in [6.45, 7) is 5.59. The quantitative estimate of drug-likeness (QED) is 0.793. The summed E-state index contributed by atoms with van der Waals surface area (Å²) in [5.41, 5.74) is 2.37. The van der Waals surface area contributed by atoms with Gasteiger partial charge in [-0.15, -0.1) is 0 Å². The monoisotopic (exact) mass is 241 g/mol. The number of piperidine rings is 1. The summed E-state index contributed by atoms with van der Waals surface area (Å²) in [5, 5.41) is 4.00. The van der Waals surface area contributed by atoms with Gasteiger partial charge in [0.05, 0.1) is 0 Å². The van der Waals surface area contributed by atoms with E-state index >= 15 is 0 Å². The highest BCUT2D eigenvalue weighted by Gasteiger charge is 2.22. The van der Waals surface area contributed by atoms with Gasteiger partial charge in [0.15, 0.2) is 0 Å². The van der Waals surface area contributed by atoms with Gasteiger partial charge in [0, 0.05) is 11.6 Å². The highest BCUT2D eigenvalue weighted by molar-refractivity contribution is 6.31. The molecule has 0 bridgehead atoms. The zero-order valence-corrected chi connectivity index (χ0v) is 10.5. The summed E-state index contributed by atoms with van der Waals surface area (Å²) in [6.07, 6.45) is 2.15. The standard InChI is InChI=1S/C13H17ClFN/c1-8-6-11(14)9(2)12(13(8)15)10-4-3-5-16-7-10/h6,10,16H,3-5,7H2,1-2H3. The van der Waals surface area contributed by atoms with Crippen LogP contribution in [0.25, 0.3) is 0 Å². The van der Waals surface area contributed by atoms with Crippen molar-refractivity contribution in [2.75, 3.05) is 13.1 Å². The fourth-order valence-corrected chi connectivity index (χ4v) is 2.72. The second kappa shape index (κ2) is 4.72. The molecule has 1 nitrogen and oxygen atoms in total. The molecule has 1 saturated heterocycles. The van der Waals surface area contributed by atoms with E-state index in [9.17, 15) is 4.39 Å². The normalized spacial score (nSPS) is 21.1. The van der Waals surface area contributed by atoms with Crippen LogP contribution in [0.2, 0.25) is 5.02 Å². The van der Waals surface area contributed by atoms with Crippen molar-refractivity contribution >= 4 is 11.6 Å². The smallest absolute Gasteiger partial charge is 0.130 e. The lowest BCUT2D eigenvalue weighted by Gasteiger charge is -2.26. The van der Waals surface area contributed by atoms with Crippen LogP contribution in [0, 0.1) is 19.7 Å². The van der Waals surface area contributed by atoms with E-state index in [0.29, 0.717) is 10.6 Å². The molecular formula is C13H17ClFN. The average Bonchev–Trinajstić information content (AvgIpc) is 2.28. The summed E-state index contributed by atoms with van der Waals surface area (Å²) in [4.78, 5) is 0. The summed E-state index contributed by atoms with van der Waals surface area (Å²) in [5.74, 6) is 0.196. The second-order valence-electron chi connectivity index (χ2n) is 4.57. The first-order chi connectivity index (χ1) is 7.61. The number of benzene rings is 1. The third kappa shape index (κ3) is 2.09. The predicted octanol–water partition coefficient (Wildman–Crippen LogP) is 3.56. The number of halogens is 2. The Kier molecular flexibility index (Phi) is 3.50. The molecule has 0 radical (unpaired) electrons. The van der Waals surface area contributed by atoms with E-state index < -0.39 is 0 Å². The number of aryl methyl sites for hydroxylation is 1. The maximum Gasteiger partial charge on any atom is 0.130 e. The van der Waals surface area contributed by atoms with Crippen molar-refractivity contribution in [3.63, 3.8) is 0 Å². The third-order valence-electron chi connectivity index (χ3n) is 3.39. The summed E-state index contributed by atoms with van der Waals surface area (Å²) >= 11 is 6.12. The first-order valence-electron chi connectivity index (χ1n) is 5.77. The lowest BCUT2D eigenvalue weighted by molar-refractivity contribution is 0.444. The van der Waals surface area contributed by atoms with Crippen LogP contribution in [-0.4, -0.2) is 13.1 Å². The van der Waals surface area contributed by atoms with Crippen molar-refractivity contribution in [2.45, 2.75) is 32.6 Å². The van der Waals surface area contributed by atoms with Gasteiger partial charge < -0.3 is 5.32 Å². The van der Waals surface area contributed by atoms with Crippen LogP contribution in [0.5, 0.6) is 0 Å². The van der Waals surface area contributed by atoms with Crippen LogP contribution in [0.4, 0.5) is 4.39 Å². The molecule has 0 aromatic heterocycles. The lowest BCUT2D eigenvalue weighted by Crippen LogP contribution is -2.29. The lowest BCUT2D eigenvalue weighted by atomic mass is 9.87. The molecule has 0 aliphatic carbocycles.